The highest BCUT2D eigenvalue weighted by molar-refractivity contribution is 6.31. The lowest BCUT2D eigenvalue weighted by molar-refractivity contribution is 0.462. The number of ether oxygens (including phenoxy) is 1. The van der Waals surface area contributed by atoms with Crippen molar-refractivity contribution in [1.82, 2.24) is 9.97 Å². The summed E-state index contributed by atoms with van der Waals surface area (Å²) in [6, 6.07) is 7.03. The van der Waals surface area contributed by atoms with E-state index in [-0.39, 0.29) is 0 Å². The molecule has 0 saturated carbocycles. The van der Waals surface area contributed by atoms with Gasteiger partial charge in [-0.25, -0.2) is 9.97 Å². The number of anilines is 1. The Morgan fingerprint density at radius 2 is 2.20 bits per heavy atom. The zero-order valence-electron chi connectivity index (χ0n) is 7.72. The Balaban J connectivity index is 2.26. The maximum Gasteiger partial charge on any atom is 0.241 e. The van der Waals surface area contributed by atoms with Crippen LogP contribution in [0.25, 0.3) is 0 Å². The highest BCUT2D eigenvalue weighted by atomic mass is 35.5. The maximum atomic E-state index is 5.83. The number of hydrogen-bond acceptors (Lipinski definition) is 4. The van der Waals surface area contributed by atoms with Crippen molar-refractivity contribution in [2.75, 3.05) is 5.73 Å². The lowest BCUT2D eigenvalue weighted by Gasteiger charge is -2.05. The monoisotopic (exact) mass is 221 g/mol. The summed E-state index contributed by atoms with van der Waals surface area (Å²) < 4.78 is 5.43. The normalized spacial score (nSPS) is 9.93. The Bertz CT molecular complexity index is 476. The zero-order valence-corrected chi connectivity index (χ0v) is 8.48. The van der Waals surface area contributed by atoms with Crippen molar-refractivity contribution in [3.05, 3.63) is 41.8 Å². The van der Waals surface area contributed by atoms with Gasteiger partial charge in [0.15, 0.2) is 0 Å². The average molecular weight is 222 g/mol. The number of halogens is 1. The first-order valence-corrected chi connectivity index (χ1v) is 4.62. The van der Waals surface area contributed by atoms with Gasteiger partial charge in [0.1, 0.15) is 17.1 Å². The van der Waals surface area contributed by atoms with Crippen LogP contribution in [0.15, 0.2) is 36.8 Å². The van der Waals surface area contributed by atoms with Crippen LogP contribution >= 0.6 is 11.6 Å². The molecule has 0 aliphatic rings. The van der Waals surface area contributed by atoms with Crippen molar-refractivity contribution in [2.45, 2.75) is 0 Å². The first kappa shape index (κ1) is 9.73. The molecule has 4 nitrogen and oxygen atoms in total. The van der Waals surface area contributed by atoms with Crippen LogP contribution in [0.2, 0.25) is 5.02 Å². The van der Waals surface area contributed by atoms with Crippen molar-refractivity contribution >= 4 is 17.3 Å². The quantitative estimate of drug-likeness (QED) is 0.792. The van der Waals surface area contributed by atoms with Gasteiger partial charge >= 0.3 is 0 Å². The summed E-state index contributed by atoms with van der Waals surface area (Å²) in [6.07, 6.45) is 2.84. The third-order valence-corrected chi connectivity index (χ3v) is 1.97. The van der Waals surface area contributed by atoms with E-state index in [1.807, 2.05) is 0 Å². The minimum absolute atomic E-state index is 0.317. The summed E-state index contributed by atoms with van der Waals surface area (Å²) in [5.41, 5.74) is 6.23. The molecule has 2 rings (SSSR count). The molecule has 0 saturated heterocycles. The molecule has 1 aromatic heterocycles. The Hall–Kier alpha value is -1.81. The van der Waals surface area contributed by atoms with Crippen LogP contribution in [0.5, 0.6) is 11.6 Å². The van der Waals surface area contributed by atoms with E-state index >= 15 is 0 Å². The Morgan fingerprint density at radius 3 is 2.93 bits per heavy atom. The fraction of sp³-hybridized carbons (Fsp3) is 0. The Morgan fingerprint density at radius 1 is 1.33 bits per heavy atom. The number of nitrogens with two attached hydrogens (primary N) is 1. The molecule has 2 aromatic rings. The molecular formula is C10H8ClN3O. The van der Waals surface area contributed by atoms with Gasteiger partial charge in [0.25, 0.3) is 0 Å². The predicted molar refractivity (Wildman–Crippen MR) is 58.0 cm³/mol. The lowest BCUT2D eigenvalue weighted by Crippen LogP contribution is -1.91. The second-order valence-corrected chi connectivity index (χ2v) is 3.26. The first-order valence-electron chi connectivity index (χ1n) is 4.24. The van der Waals surface area contributed by atoms with Crippen LogP contribution in [0.1, 0.15) is 0 Å². The van der Waals surface area contributed by atoms with Crippen molar-refractivity contribution in [1.29, 1.82) is 0 Å². The van der Waals surface area contributed by atoms with Crippen molar-refractivity contribution in [3.8, 4) is 11.6 Å². The molecule has 0 atom stereocenters. The van der Waals surface area contributed by atoms with E-state index in [1.54, 1.807) is 24.3 Å². The zero-order chi connectivity index (χ0) is 10.7. The van der Waals surface area contributed by atoms with E-state index in [2.05, 4.69) is 9.97 Å². The van der Waals surface area contributed by atoms with Crippen molar-refractivity contribution in [2.24, 2.45) is 0 Å². The maximum absolute atomic E-state index is 5.83. The third-order valence-electron chi connectivity index (χ3n) is 1.71. The van der Waals surface area contributed by atoms with Gasteiger partial charge < -0.3 is 10.5 Å². The summed E-state index contributed by atoms with van der Waals surface area (Å²) in [5, 5.41) is 0.361. The van der Waals surface area contributed by atoms with E-state index in [0.29, 0.717) is 22.3 Å². The molecule has 76 valence electrons. The minimum Gasteiger partial charge on any atom is -0.437 e. The van der Waals surface area contributed by atoms with Gasteiger partial charge in [-0.3, -0.25) is 0 Å². The molecule has 0 aliphatic carbocycles. The topological polar surface area (TPSA) is 61.0 Å². The molecule has 1 heterocycles. The SMILES string of the molecule is Nc1cccc(Oc2ncncc2Cl)c1. The van der Waals surface area contributed by atoms with Crippen LogP contribution < -0.4 is 10.5 Å². The number of rotatable bonds is 2. The number of benzene rings is 1. The molecule has 0 radical (unpaired) electrons. The molecule has 15 heavy (non-hydrogen) atoms. The lowest BCUT2D eigenvalue weighted by atomic mass is 10.3. The van der Waals surface area contributed by atoms with Crippen molar-refractivity contribution < 1.29 is 4.74 Å². The van der Waals surface area contributed by atoms with E-state index in [9.17, 15) is 0 Å². The predicted octanol–water partition coefficient (Wildman–Crippen LogP) is 2.50. The molecule has 2 N–H and O–H groups in total. The van der Waals surface area contributed by atoms with Crippen LogP contribution in [-0.4, -0.2) is 9.97 Å². The molecule has 0 fully saturated rings. The standard InChI is InChI=1S/C10H8ClN3O/c11-9-5-13-6-14-10(9)15-8-3-1-2-7(12)4-8/h1-6H,12H2. The number of nitrogen functional groups attached to an aromatic ring is 1. The van der Waals surface area contributed by atoms with E-state index in [4.69, 9.17) is 22.1 Å². The number of nitrogens with zero attached hydrogens (tertiary/aromatic N) is 2. The Labute approximate surface area is 91.7 Å². The summed E-state index contributed by atoms with van der Waals surface area (Å²) >= 11 is 5.83. The summed E-state index contributed by atoms with van der Waals surface area (Å²) in [4.78, 5) is 7.65. The number of aromatic nitrogens is 2. The van der Waals surface area contributed by atoms with E-state index in [1.165, 1.54) is 12.5 Å². The van der Waals surface area contributed by atoms with Gasteiger partial charge in [0, 0.05) is 11.8 Å². The Kier molecular flexibility index (Phi) is 2.69. The fourth-order valence-electron chi connectivity index (χ4n) is 1.07. The summed E-state index contributed by atoms with van der Waals surface area (Å²) in [5.74, 6) is 0.910. The van der Waals surface area contributed by atoms with Crippen LogP contribution in [0.3, 0.4) is 0 Å². The molecule has 5 heteroatoms. The van der Waals surface area contributed by atoms with Gasteiger partial charge in [0.2, 0.25) is 5.88 Å². The van der Waals surface area contributed by atoms with Gasteiger partial charge in [-0.2, -0.15) is 0 Å². The van der Waals surface area contributed by atoms with Gasteiger partial charge in [-0.15, -0.1) is 0 Å². The molecule has 0 amide bonds. The van der Waals surface area contributed by atoms with Gasteiger partial charge in [-0.1, -0.05) is 17.7 Å². The molecular weight excluding hydrogens is 214 g/mol. The van der Waals surface area contributed by atoms with Crippen LogP contribution in [-0.2, 0) is 0 Å². The van der Waals surface area contributed by atoms with Gasteiger partial charge in [-0.05, 0) is 12.1 Å². The molecule has 0 aliphatic heterocycles. The fourth-order valence-corrected chi connectivity index (χ4v) is 1.21. The van der Waals surface area contributed by atoms with Crippen LogP contribution in [0.4, 0.5) is 5.69 Å². The highest BCUT2D eigenvalue weighted by Crippen LogP contribution is 2.26. The smallest absolute Gasteiger partial charge is 0.241 e. The summed E-state index contributed by atoms with van der Waals surface area (Å²) in [6.45, 7) is 0. The third kappa shape index (κ3) is 2.35. The second kappa shape index (κ2) is 4.14. The highest BCUT2D eigenvalue weighted by Gasteiger charge is 2.03. The first-order chi connectivity index (χ1) is 7.25. The summed E-state index contributed by atoms with van der Waals surface area (Å²) in [7, 11) is 0. The van der Waals surface area contributed by atoms with E-state index in [0.717, 1.165) is 0 Å². The van der Waals surface area contributed by atoms with Crippen LogP contribution in [0, 0.1) is 0 Å². The average Bonchev–Trinajstić information content (AvgIpc) is 2.22. The number of hydrogen-bond donors (Lipinski definition) is 1. The van der Waals surface area contributed by atoms with Gasteiger partial charge in [0.05, 0.1) is 6.20 Å². The molecule has 0 unspecified atom stereocenters. The molecule has 1 aromatic carbocycles. The van der Waals surface area contributed by atoms with Crippen molar-refractivity contribution in [3.63, 3.8) is 0 Å². The second-order valence-electron chi connectivity index (χ2n) is 2.85. The largest absolute Gasteiger partial charge is 0.437 e. The minimum atomic E-state index is 0.317. The molecule has 0 bridgehead atoms. The molecule has 0 spiro atoms. The van der Waals surface area contributed by atoms with E-state index < -0.39 is 0 Å².